The van der Waals surface area contributed by atoms with E-state index in [-0.39, 0.29) is 17.0 Å². The van der Waals surface area contributed by atoms with E-state index in [4.69, 9.17) is 9.47 Å². The van der Waals surface area contributed by atoms with Gasteiger partial charge in [0.25, 0.3) is 0 Å². The standard InChI is InChI=1S/C15H20FNO2/c1-15(2)13(10-6-7-19-14(10)15)17-9-4-5-11(16)12(8-9)18-3/h4-5,8,10,13-14,17H,6-7H2,1-3H3. The van der Waals surface area contributed by atoms with E-state index in [0.717, 1.165) is 18.7 Å². The van der Waals surface area contributed by atoms with Crippen molar-refractivity contribution < 1.29 is 13.9 Å². The maximum Gasteiger partial charge on any atom is 0.165 e. The molecule has 1 saturated carbocycles. The summed E-state index contributed by atoms with van der Waals surface area (Å²) < 4.78 is 24.2. The van der Waals surface area contributed by atoms with Crippen molar-refractivity contribution in [3.8, 4) is 5.75 Å². The number of halogens is 1. The maximum atomic E-state index is 13.4. The van der Waals surface area contributed by atoms with Crippen LogP contribution in [0.5, 0.6) is 5.75 Å². The van der Waals surface area contributed by atoms with Gasteiger partial charge in [-0.05, 0) is 18.6 Å². The molecule has 19 heavy (non-hydrogen) atoms. The fourth-order valence-corrected chi connectivity index (χ4v) is 3.55. The van der Waals surface area contributed by atoms with Crippen molar-refractivity contribution in [1.29, 1.82) is 0 Å². The van der Waals surface area contributed by atoms with Crippen LogP contribution in [-0.2, 0) is 4.74 Å². The molecule has 0 aromatic heterocycles. The van der Waals surface area contributed by atoms with E-state index in [1.807, 2.05) is 0 Å². The first-order chi connectivity index (χ1) is 9.04. The molecular formula is C15H20FNO2. The van der Waals surface area contributed by atoms with Gasteiger partial charge in [0.1, 0.15) is 0 Å². The van der Waals surface area contributed by atoms with E-state index in [1.165, 1.54) is 13.2 Å². The Balaban J connectivity index is 1.78. The van der Waals surface area contributed by atoms with Crippen LogP contribution in [-0.4, -0.2) is 25.9 Å². The molecule has 4 heteroatoms. The molecule has 1 aliphatic heterocycles. The molecule has 2 fully saturated rings. The van der Waals surface area contributed by atoms with Crippen LogP contribution in [0, 0.1) is 17.2 Å². The summed E-state index contributed by atoms with van der Waals surface area (Å²) >= 11 is 0. The highest BCUT2D eigenvalue weighted by Gasteiger charge is 2.59. The first-order valence-corrected chi connectivity index (χ1v) is 6.75. The van der Waals surface area contributed by atoms with Crippen LogP contribution >= 0.6 is 0 Å². The summed E-state index contributed by atoms with van der Waals surface area (Å²) in [5, 5.41) is 3.52. The van der Waals surface area contributed by atoms with E-state index >= 15 is 0 Å². The molecule has 1 aromatic carbocycles. The first kappa shape index (κ1) is 12.7. The second-order valence-electron chi connectivity index (χ2n) is 6.04. The van der Waals surface area contributed by atoms with Crippen molar-refractivity contribution >= 4 is 5.69 Å². The minimum absolute atomic E-state index is 0.114. The molecule has 0 bridgehead atoms. The summed E-state index contributed by atoms with van der Waals surface area (Å²) in [5.74, 6) is 0.510. The van der Waals surface area contributed by atoms with Crippen molar-refractivity contribution in [3.63, 3.8) is 0 Å². The van der Waals surface area contributed by atoms with Gasteiger partial charge in [-0.1, -0.05) is 13.8 Å². The average molecular weight is 265 g/mol. The lowest BCUT2D eigenvalue weighted by Gasteiger charge is -2.55. The summed E-state index contributed by atoms with van der Waals surface area (Å²) in [7, 11) is 1.48. The molecular weight excluding hydrogens is 245 g/mol. The van der Waals surface area contributed by atoms with E-state index in [0.29, 0.717) is 18.1 Å². The quantitative estimate of drug-likeness (QED) is 0.911. The second-order valence-corrected chi connectivity index (χ2v) is 6.04. The van der Waals surface area contributed by atoms with Gasteiger partial charge in [-0.25, -0.2) is 4.39 Å². The number of ether oxygens (including phenoxy) is 2. The first-order valence-electron chi connectivity index (χ1n) is 6.75. The van der Waals surface area contributed by atoms with Gasteiger partial charge in [0.2, 0.25) is 0 Å². The van der Waals surface area contributed by atoms with Gasteiger partial charge in [0.15, 0.2) is 11.6 Å². The van der Waals surface area contributed by atoms with Gasteiger partial charge < -0.3 is 14.8 Å². The number of rotatable bonds is 3. The largest absolute Gasteiger partial charge is 0.494 e. The Morgan fingerprint density at radius 2 is 2.21 bits per heavy atom. The summed E-state index contributed by atoms with van der Waals surface area (Å²) in [6.07, 6.45) is 1.46. The van der Waals surface area contributed by atoms with Crippen molar-refractivity contribution in [2.75, 3.05) is 19.0 Å². The zero-order chi connectivity index (χ0) is 13.6. The zero-order valence-corrected chi connectivity index (χ0v) is 11.6. The molecule has 2 aliphatic rings. The molecule has 0 amide bonds. The number of methoxy groups -OCH3 is 1. The fraction of sp³-hybridized carbons (Fsp3) is 0.600. The Bertz CT molecular complexity index is 489. The van der Waals surface area contributed by atoms with E-state index in [1.54, 1.807) is 12.1 Å². The molecule has 1 heterocycles. The topological polar surface area (TPSA) is 30.5 Å². The highest BCUT2D eigenvalue weighted by atomic mass is 19.1. The van der Waals surface area contributed by atoms with E-state index < -0.39 is 0 Å². The Hall–Kier alpha value is -1.29. The predicted molar refractivity (Wildman–Crippen MR) is 72.0 cm³/mol. The summed E-state index contributed by atoms with van der Waals surface area (Å²) in [6, 6.07) is 5.29. The molecule has 0 radical (unpaired) electrons. The third-order valence-electron chi connectivity index (χ3n) is 4.57. The number of hydrogen-bond acceptors (Lipinski definition) is 3. The SMILES string of the molecule is COc1cc(NC2C3CCOC3C2(C)C)ccc1F. The number of benzene rings is 1. The number of hydrogen-bond donors (Lipinski definition) is 1. The fourth-order valence-electron chi connectivity index (χ4n) is 3.55. The molecule has 104 valence electrons. The zero-order valence-electron chi connectivity index (χ0n) is 11.6. The third kappa shape index (κ3) is 1.89. The highest BCUT2D eigenvalue weighted by molar-refractivity contribution is 5.51. The molecule has 0 spiro atoms. The van der Waals surface area contributed by atoms with E-state index in [9.17, 15) is 4.39 Å². The van der Waals surface area contributed by atoms with Crippen LogP contribution in [0.25, 0.3) is 0 Å². The lowest BCUT2D eigenvalue weighted by atomic mass is 9.57. The number of fused-ring (bicyclic) bond motifs is 1. The van der Waals surface area contributed by atoms with Gasteiger partial charge in [0.05, 0.1) is 13.2 Å². The Labute approximate surface area is 113 Å². The Kier molecular flexibility index (Phi) is 2.93. The van der Waals surface area contributed by atoms with Crippen LogP contribution in [0.15, 0.2) is 18.2 Å². The van der Waals surface area contributed by atoms with Crippen LogP contribution < -0.4 is 10.1 Å². The van der Waals surface area contributed by atoms with E-state index in [2.05, 4.69) is 19.2 Å². The van der Waals surface area contributed by atoms with Crippen molar-refractivity contribution in [3.05, 3.63) is 24.0 Å². The Morgan fingerprint density at radius 3 is 2.95 bits per heavy atom. The minimum atomic E-state index is -0.331. The number of nitrogens with one attached hydrogen (secondary N) is 1. The van der Waals surface area contributed by atoms with Crippen LogP contribution in [0.3, 0.4) is 0 Å². The number of anilines is 1. The summed E-state index contributed by atoms with van der Waals surface area (Å²) in [4.78, 5) is 0. The molecule has 3 atom stereocenters. The van der Waals surface area contributed by atoms with Gasteiger partial charge >= 0.3 is 0 Å². The highest BCUT2D eigenvalue weighted by Crippen LogP contribution is 2.53. The lowest BCUT2D eigenvalue weighted by molar-refractivity contribution is -0.0923. The molecule has 1 saturated heterocycles. The molecule has 3 unspecified atom stereocenters. The normalized spacial score (nSPS) is 31.5. The smallest absolute Gasteiger partial charge is 0.165 e. The summed E-state index contributed by atoms with van der Waals surface area (Å²) in [6.45, 7) is 5.29. The monoisotopic (exact) mass is 265 g/mol. The average Bonchev–Trinajstić information content (AvgIpc) is 2.84. The van der Waals surface area contributed by atoms with Crippen LogP contribution in [0.4, 0.5) is 10.1 Å². The van der Waals surface area contributed by atoms with Crippen LogP contribution in [0.2, 0.25) is 0 Å². The lowest BCUT2D eigenvalue weighted by Crippen LogP contribution is -2.63. The van der Waals surface area contributed by atoms with Gasteiger partial charge in [0, 0.05) is 35.7 Å². The molecule has 3 nitrogen and oxygen atoms in total. The maximum absolute atomic E-state index is 13.4. The van der Waals surface area contributed by atoms with Crippen molar-refractivity contribution in [1.82, 2.24) is 0 Å². The molecule has 1 aliphatic carbocycles. The molecule has 1 N–H and O–H groups in total. The van der Waals surface area contributed by atoms with Gasteiger partial charge in [-0.2, -0.15) is 0 Å². The third-order valence-corrected chi connectivity index (χ3v) is 4.57. The summed E-state index contributed by atoms with van der Waals surface area (Å²) in [5.41, 5.74) is 1.02. The van der Waals surface area contributed by atoms with Crippen molar-refractivity contribution in [2.24, 2.45) is 11.3 Å². The van der Waals surface area contributed by atoms with Crippen molar-refractivity contribution in [2.45, 2.75) is 32.4 Å². The van der Waals surface area contributed by atoms with Gasteiger partial charge in [-0.15, -0.1) is 0 Å². The van der Waals surface area contributed by atoms with Gasteiger partial charge in [-0.3, -0.25) is 0 Å². The van der Waals surface area contributed by atoms with Crippen LogP contribution in [0.1, 0.15) is 20.3 Å². The molecule has 3 rings (SSSR count). The minimum Gasteiger partial charge on any atom is -0.494 e. The Morgan fingerprint density at radius 1 is 1.42 bits per heavy atom. The second kappa shape index (κ2) is 4.37. The predicted octanol–water partition coefficient (Wildman–Crippen LogP) is 3.06. The molecule has 1 aromatic rings.